The summed E-state index contributed by atoms with van der Waals surface area (Å²) in [6.45, 7) is 0. The SMILES string of the molecule is Clc1ccc(C2=N[C@@H](c3ccc(Br)cc3)[C@@H](c3ccc(Br)cc3)N2)cc1. The fraction of sp³-hybridized carbons (Fsp3) is 0.0952. The van der Waals surface area contributed by atoms with Gasteiger partial charge in [-0.05, 0) is 59.7 Å². The van der Waals surface area contributed by atoms with Crippen LogP contribution < -0.4 is 5.32 Å². The highest BCUT2D eigenvalue weighted by molar-refractivity contribution is 9.10. The Morgan fingerprint density at radius 1 is 0.731 bits per heavy atom. The molecule has 0 amide bonds. The van der Waals surface area contributed by atoms with Crippen molar-refractivity contribution in [1.82, 2.24) is 5.32 Å². The molecule has 0 saturated heterocycles. The molecule has 0 unspecified atom stereocenters. The van der Waals surface area contributed by atoms with Crippen LogP contribution in [-0.4, -0.2) is 5.84 Å². The molecule has 1 aliphatic rings. The van der Waals surface area contributed by atoms with Crippen molar-refractivity contribution in [2.75, 3.05) is 0 Å². The summed E-state index contributed by atoms with van der Waals surface area (Å²) in [5.41, 5.74) is 3.42. The lowest BCUT2D eigenvalue weighted by Gasteiger charge is -2.20. The Morgan fingerprint density at radius 3 is 1.85 bits per heavy atom. The first-order valence-electron chi connectivity index (χ1n) is 8.21. The van der Waals surface area contributed by atoms with Gasteiger partial charge in [-0.25, -0.2) is 0 Å². The number of rotatable bonds is 3. The Bertz CT molecular complexity index is 935. The number of nitrogens with zero attached hydrogens (tertiary/aromatic N) is 1. The van der Waals surface area contributed by atoms with Crippen molar-refractivity contribution in [3.63, 3.8) is 0 Å². The smallest absolute Gasteiger partial charge is 0.129 e. The second-order valence-corrected chi connectivity index (χ2v) is 8.42. The lowest BCUT2D eigenvalue weighted by molar-refractivity contribution is 0.572. The van der Waals surface area contributed by atoms with Gasteiger partial charge in [-0.3, -0.25) is 4.99 Å². The fourth-order valence-electron chi connectivity index (χ4n) is 3.11. The number of halogens is 3. The number of nitrogens with one attached hydrogen (secondary N) is 1. The number of aliphatic imine (C=N–C) groups is 1. The van der Waals surface area contributed by atoms with E-state index in [9.17, 15) is 0 Å². The molecule has 0 saturated carbocycles. The fourth-order valence-corrected chi connectivity index (χ4v) is 3.76. The first kappa shape index (κ1) is 17.8. The summed E-state index contributed by atoms with van der Waals surface area (Å²) in [5.74, 6) is 0.891. The van der Waals surface area contributed by atoms with Crippen molar-refractivity contribution >= 4 is 49.3 Å². The maximum absolute atomic E-state index is 6.03. The summed E-state index contributed by atoms with van der Waals surface area (Å²) in [6, 6.07) is 24.6. The Balaban J connectivity index is 1.74. The summed E-state index contributed by atoms with van der Waals surface area (Å²) in [7, 11) is 0. The Kier molecular flexibility index (Phi) is 5.16. The van der Waals surface area contributed by atoms with Gasteiger partial charge in [0.1, 0.15) is 11.9 Å². The zero-order chi connectivity index (χ0) is 18.1. The number of amidine groups is 1. The van der Waals surface area contributed by atoms with Crippen LogP contribution in [0.15, 0.2) is 86.7 Å². The monoisotopic (exact) mass is 488 g/mol. The van der Waals surface area contributed by atoms with Crippen molar-refractivity contribution in [3.8, 4) is 0 Å². The van der Waals surface area contributed by atoms with Crippen LogP contribution in [0.5, 0.6) is 0 Å². The van der Waals surface area contributed by atoms with Crippen LogP contribution in [0.1, 0.15) is 28.8 Å². The van der Waals surface area contributed by atoms with Crippen molar-refractivity contribution < 1.29 is 0 Å². The largest absolute Gasteiger partial charge is 0.361 e. The van der Waals surface area contributed by atoms with Gasteiger partial charge in [0.2, 0.25) is 0 Å². The number of hydrogen-bond acceptors (Lipinski definition) is 2. The van der Waals surface area contributed by atoms with Gasteiger partial charge < -0.3 is 5.32 Å². The van der Waals surface area contributed by atoms with Crippen molar-refractivity contribution in [3.05, 3.63) is 103 Å². The molecule has 3 aromatic rings. The lowest BCUT2D eigenvalue weighted by atomic mass is 9.95. The van der Waals surface area contributed by atoms with Crippen LogP contribution in [0.4, 0.5) is 0 Å². The summed E-state index contributed by atoms with van der Waals surface area (Å²) >= 11 is 13.0. The topological polar surface area (TPSA) is 24.4 Å². The zero-order valence-corrected chi connectivity index (χ0v) is 17.6. The molecule has 0 aromatic heterocycles. The highest BCUT2D eigenvalue weighted by Gasteiger charge is 2.31. The summed E-state index contributed by atoms with van der Waals surface area (Å²) in [6.07, 6.45) is 0. The number of hydrogen-bond donors (Lipinski definition) is 1. The molecule has 0 bridgehead atoms. The average molecular weight is 491 g/mol. The van der Waals surface area contributed by atoms with Crippen LogP contribution in [0, 0.1) is 0 Å². The summed E-state index contributed by atoms with van der Waals surface area (Å²) in [5, 5.41) is 4.33. The van der Waals surface area contributed by atoms with E-state index in [-0.39, 0.29) is 12.1 Å². The molecule has 0 spiro atoms. The highest BCUT2D eigenvalue weighted by Crippen LogP contribution is 2.37. The minimum atomic E-state index is 0.00922. The van der Waals surface area contributed by atoms with Gasteiger partial charge in [0.15, 0.2) is 0 Å². The van der Waals surface area contributed by atoms with Gasteiger partial charge in [-0.15, -0.1) is 0 Å². The molecule has 0 aliphatic carbocycles. The van der Waals surface area contributed by atoms with Crippen LogP contribution in [0.3, 0.4) is 0 Å². The Labute approximate surface area is 174 Å². The highest BCUT2D eigenvalue weighted by atomic mass is 79.9. The maximum atomic E-state index is 6.03. The van der Waals surface area contributed by atoms with E-state index in [4.69, 9.17) is 16.6 Å². The van der Waals surface area contributed by atoms with Crippen LogP contribution >= 0.6 is 43.5 Å². The molecular weight excluding hydrogens is 476 g/mol. The van der Waals surface area contributed by atoms with Crippen LogP contribution in [0.2, 0.25) is 5.02 Å². The lowest BCUT2D eigenvalue weighted by Crippen LogP contribution is -2.25. The van der Waals surface area contributed by atoms with Gasteiger partial charge in [0.05, 0.1) is 6.04 Å². The van der Waals surface area contributed by atoms with E-state index in [0.29, 0.717) is 0 Å². The molecule has 2 nitrogen and oxygen atoms in total. The molecule has 0 radical (unpaired) electrons. The maximum Gasteiger partial charge on any atom is 0.129 e. The quantitative estimate of drug-likeness (QED) is 0.434. The number of benzene rings is 3. The van der Waals surface area contributed by atoms with E-state index in [2.05, 4.69) is 85.7 Å². The van der Waals surface area contributed by atoms with Crippen LogP contribution in [-0.2, 0) is 0 Å². The molecule has 1 heterocycles. The van der Waals surface area contributed by atoms with Gasteiger partial charge in [0, 0.05) is 19.5 Å². The second-order valence-electron chi connectivity index (χ2n) is 6.15. The first-order valence-corrected chi connectivity index (χ1v) is 10.2. The predicted molar refractivity (Wildman–Crippen MR) is 115 cm³/mol. The van der Waals surface area contributed by atoms with Crippen molar-refractivity contribution in [2.24, 2.45) is 4.99 Å². The van der Waals surface area contributed by atoms with Crippen molar-refractivity contribution in [1.29, 1.82) is 0 Å². The van der Waals surface area contributed by atoms with E-state index in [1.165, 1.54) is 11.1 Å². The molecule has 0 fully saturated rings. The third-order valence-electron chi connectivity index (χ3n) is 4.43. The minimum absolute atomic E-state index is 0.00922. The molecule has 1 aliphatic heterocycles. The molecule has 3 aromatic carbocycles. The summed E-state index contributed by atoms with van der Waals surface area (Å²) < 4.78 is 2.13. The minimum Gasteiger partial charge on any atom is -0.361 e. The molecule has 4 rings (SSSR count). The first-order chi connectivity index (χ1) is 12.6. The van der Waals surface area contributed by atoms with E-state index in [1.807, 2.05) is 24.3 Å². The van der Waals surface area contributed by atoms with Crippen molar-refractivity contribution in [2.45, 2.75) is 12.1 Å². The second kappa shape index (κ2) is 7.55. The van der Waals surface area contributed by atoms with E-state index >= 15 is 0 Å². The van der Waals surface area contributed by atoms with Gasteiger partial charge in [0.25, 0.3) is 0 Å². The van der Waals surface area contributed by atoms with E-state index < -0.39 is 0 Å². The molecule has 26 heavy (non-hydrogen) atoms. The Morgan fingerprint density at radius 2 is 1.27 bits per heavy atom. The predicted octanol–water partition coefficient (Wildman–Crippen LogP) is 6.70. The van der Waals surface area contributed by atoms with Crippen LogP contribution in [0.25, 0.3) is 0 Å². The van der Waals surface area contributed by atoms with E-state index in [1.54, 1.807) is 0 Å². The van der Waals surface area contributed by atoms with Gasteiger partial charge >= 0.3 is 0 Å². The van der Waals surface area contributed by atoms with Gasteiger partial charge in [-0.1, -0.05) is 67.7 Å². The van der Waals surface area contributed by atoms with Gasteiger partial charge in [-0.2, -0.15) is 0 Å². The zero-order valence-electron chi connectivity index (χ0n) is 13.7. The molecule has 5 heteroatoms. The average Bonchev–Trinajstić information content (AvgIpc) is 3.09. The Hall–Kier alpha value is -1.62. The normalized spacial score (nSPS) is 19.1. The molecular formula is C21H15Br2ClN2. The third-order valence-corrected chi connectivity index (χ3v) is 5.74. The summed E-state index contributed by atoms with van der Waals surface area (Å²) in [4.78, 5) is 5.00. The standard InChI is InChI=1S/C21H15Br2ClN2/c22-16-7-1-13(2-8-16)19-20(14-3-9-17(23)10-4-14)26-21(25-19)15-5-11-18(24)12-6-15/h1-12,19-20H,(H,25,26)/t19-,20+. The molecule has 2 atom stereocenters. The van der Waals surface area contributed by atoms with E-state index in [0.717, 1.165) is 25.4 Å². The third kappa shape index (κ3) is 3.73. The molecule has 1 N–H and O–H groups in total. The molecule has 130 valence electrons.